The normalized spacial score (nSPS) is 22.9. The van der Waals surface area contributed by atoms with E-state index in [2.05, 4.69) is 24.7 Å². The highest BCUT2D eigenvalue weighted by Crippen LogP contribution is 2.35. The van der Waals surface area contributed by atoms with Gasteiger partial charge >= 0.3 is 5.97 Å². The summed E-state index contributed by atoms with van der Waals surface area (Å²) in [5.41, 5.74) is 0.655. The van der Waals surface area contributed by atoms with Gasteiger partial charge in [0.1, 0.15) is 12.3 Å². The number of cyclic esters (lactones) is 1. The second-order valence-corrected chi connectivity index (χ2v) is 6.67. The highest BCUT2D eigenvalue weighted by molar-refractivity contribution is 6.42. The van der Waals surface area contributed by atoms with Crippen molar-refractivity contribution in [3.8, 4) is 12.3 Å². The van der Waals surface area contributed by atoms with Crippen LogP contribution >= 0.6 is 11.6 Å². The van der Waals surface area contributed by atoms with Gasteiger partial charge in [0.25, 0.3) is 0 Å². The van der Waals surface area contributed by atoms with E-state index in [1.807, 2.05) is 0 Å². The topological polar surface area (TPSA) is 38.8 Å². The van der Waals surface area contributed by atoms with Crippen molar-refractivity contribution in [2.24, 2.45) is 5.92 Å². The molecule has 1 saturated carbocycles. The number of rotatable bonds is 6. The minimum absolute atomic E-state index is 0.0891. The summed E-state index contributed by atoms with van der Waals surface area (Å²) in [7, 11) is 0. The van der Waals surface area contributed by atoms with Gasteiger partial charge in [-0.3, -0.25) is 0 Å². The van der Waals surface area contributed by atoms with E-state index in [1.54, 1.807) is 0 Å². The molecule has 0 saturated heterocycles. The number of ether oxygens (including phenoxy) is 2. The van der Waals surface area contributed by atoms with E-state index < -0.39 is 12.3 Å². The van der Waals surface area contributed by atoms with Gasteiger partial charge in [0.05, 0.1) is 0 Å². The second-order valence-electron chi connectivity index (χ2n) is 6.29. The fourth-order valence-electron chi connectivity index (χ4n) is 3.14. The number of hydrogen-bond donors (Lipinski definition) is 0. The number of terminal acetylenes is 1. The number of nitrogens with zero attached hydrogens (tertiary/aromatic N) is 1. The summed E-state index contributed by atoms with van der Waals surface area (Å²) in [5, 5.41) is 0.133. The van der Waals surface area contributed by atoms with Crippen molar-refractivity contribution in [1.82, 2.24) is 4.90 Å². The van der Waals surface area contributed by atoms with Crippen LogP contribution in [0.4, 0.5) is 0 Å². The summed E-state index contributed by atoms with van der Waals surface area (Å²) < 4.78 is 10.7. The molecule has 1 heterocycles. The number of carbonyl (C=O) groups excluding carboxylic acids is 1. The molecule has 1 unspecified atom stereocenters. The third-order valence-corrected chi connectivity index (χ3v) is 4.39. The van der Waals surface area contributed by atoms with Crippen LogP contribution in [0.1, 0.15) is 46.0 Å². The van der Waals surface area contributed by atoms with E-state index in [9.17, 15) is 4.79 Å². The number of carbonyl (C=O) groups is 1. The molecule has 0 N–H and O–H groups in total. The van der Waals surface area contributed by atoms with Crippen molar-refractivity contribution in [2.45, 2.75) is 58.3 Å². The highest BCUT2D eigenvalue weighted by Gasteiger charge is 2.40. The Hall–Kier alpha value is -1.18. The van der Waals surface area contributed by atoms with Gasteiger partial charge in [0.2, 0.25) is 6.29 Å². The lowest BCUT2D eigenvalue weighted by Crippen LogP contribution is -2.42. The Morgan fingerprint density at radius 2 is 2.09 bits per heavy atom. The van der Waals surface area contributed by atoms with Crippen LogP contribution in [0, 0.1) is 18.3 Å². The van der Waals surface area contributed by atoms with Crippen LogP contribution in [0.15, 0.2) is 10.7 Å². The molecule has 22 heavy (non-hydrogen) atoms. The third-order valence-electron chi connectivity index (χ3n) is 4.05. The van der Waals surface area contributed by atoms with E-state index in [0.717, 1.165) is 19.4 Å². The number of esters is 1. The van der Waals surface area contributed by atoms with Gasteiger partial charge in [-0.2, -0.15) is 0 Å². The zero-order valence-corrected chi connectivity index (χ0v) is 14.1. The van der Waals surface area contributed by atoms with Gasteiger partial charge in [-0.05, 0) is 18.8 Å². The molecule has 1 fully saturated rings. The SMILES string of the molecule is C#CCOC1OC(=O)C(Cl)=C1N(CC(C)C)C1CCCCC1. The summed E-state index contributed by atoms with van der Waals surface area (Å²) in [4.78, 5) is 14.1. The van der Waals surface area contributed by atoms with Crippen LogP contribution < -0.4 is 0 Å². The lowest BCUT2D eigenvalue weighted by Gasteiger charge is -2.39. The lowest BCUT2D eigenvalue weighted by molar-refractivity contribution is -0.160. The van der Waals surface area contributed by atoms with Crippen molar-refractivity contribution < 1.29 is 14.3 Å². The van der Waals surface area contributed by atoms with Crippen molar-refractivity contribution in [3.63, 3.8) is 0 Å². The molecule has 0 spiro atoms. The van der Waals surface area contributed by atoms with Crippen molar-refractivity contribution in [1.29, 1.82) is 0 Å². The molecule has 1 aliphatic carbocycles. The van der Waals surface area contributed by atoms with E-state index in [1.165, 1.54) is 19.3 Å². The molecule has 0 aromatic rings. The second kappa shape index (κ2) is 7.89. The van der Waals surface area contributed by atoms with Crippen LogP contribution in [-0.4, -0.2) is 36.4 Å². The highest BCUT2D eigenvalue weighted by atomic mass is 35.5. The van der Waals surface area contributed by atoms with E-state index in [-0.39, 0.29) is 11.6 Å². The molecule has 4 nitrogen and oxygen atoms in total. The van der Waals surface area contributed by atoms with Gasteiger partial charge in [-0.1, -0.05) is 50.6 Å². The average molecular weight is 326 g/mol. The Bertz CT molecular complexity index is 475. The number of hydrogen-bond acceptors (Lipinski definition) is 4. The molecular weight excluding hydrogens is 302 g/mol. The summed E-state index contributed by atoms with van der Waals surface area (Å²) in [6.45, 7) is 5.22. The fourth-order valence-corrected chi connectivity index (χ4v) is 3.38. The first-order valence-corrected chi connectivity index (χ1v) is 8.34. The predicted octanol–water partition coefficient (Wildman–Crippen LogP) is 3.26. The molecule has 0 radical (unpaired) electrons. The van der Waals surface area contributed by atoms with Crippen LogP contribution in [0.5, 0.6) is 0 Å². The van der Waals surface area contributed by atoms with E-state index in [0.29, 0.717) is 17.7 Å². The molecule has 0 bridgehead atoms. The van der Waals surface area contributed by atoms with Crippen molar-refractivity contribution in [3.05, 3.63) is 10.7 Å². The zero-order chi connectivity index (χ0) is 16.1. The zero-order valence-electron chi connectivity index (χ0n) is 13.3. The Balaban J connectivity index is 2.25. The molecule has 2 rings (SSSR count). The van der Waals surface area contributed by atoms with Crippen molar-refractivity contribution >= 4 is 17.6 Å². The Labute approximate surface area is 137 Å². The van der Waals surface area contributed by atoms with Gasteiger partial charge in [-0.25, -0.2) is 4.79 Å². The van der Waals surface area contributed by atoms with Gasteiger partial charge in [-0.15, -0.1) is 6.42 Å². The Morgan fingerprint density at radius 3 is 2.68 bits per heavy atom. The first-order chi connectivity index (χ1) is 10.5. The maximum Gasteiger partial charge on any atom is 0.354 e. The minimum atomic E-state index is -0.781. The van der Waals surface area contributed by atoms with Crippen LogP contribution in [0.25, 0.3) is 0 Å². The molecule has 122 valence electrons. The predicted molar refractivity (Wildman–Crippen MR) is 86.0 cm³/mol. The van der Waals surface area contributed by atoms with E-state index >= 15 is 0 Å². The first-order valence-electron chi connectivity index (χ1n) is 7.97. The van der Waals surface area contributed by atoms with Gasteiger partial charge in [0, 0.05) is 12.6 Å². The lowest BCUT2D eigenvalue weighted by atomic mass is 9.93. The standard InChI is InChI=1S/C17H24ClNO3/c1-4-10-21-17-15(14(18)16(20)22-17)19(11-12(2)3)13-8-6-5-7-9-13/h1,12-13,17H,5-11H2,2-3H3. The molecule has 1 aliphatic heterocycles. The monoisotopic (exact) mass is 325 g/mol. The quantitative estimate of drug-likeness (QED) is 0.555. The third kappa shape index (κ3) is 3.97. The molecule has 0 aromatic carbocycles. The molecule has 2 aliphatic rings. The molecule has 0 aromatic heterocycles. The van der Waals surface area contributed by atoms with Crippen LogP contribution in [0.2, 0.25) is 0 Å². The maximum atomic E-state index is 11.9. The van der Waals surface area contributed by atoms with Gasteiger partial charge < -0.3 is 14.4 Å². The fraction of sp³-hybridized carbons (Fsp3) is 0.706. The Kier molecular flexibility index (Phi) is 6.16. The van der Waals surface area contributed by atoms with Crippen molar-refractivity contribution in [2.75, 3.05) is 13.2 Å². The Morgan fingerprint density at radius 1 is 1.41 bits per heavy atom. The number of halogens is 1. The molecule has 5 heteroatoms. The summed E-state index contributed by atoms with van der Waals surface area (Å²) in [6.07, 6.45) is 10.4. The molecule has 1 atom stereocenters. The molecule has 0 amide bonds. The van der Waals surface area contributed by atoms with Crippen LogP contribution in [0.3, 0.4) is 0 Å². The average Bonchev–Trinajstić information content (AvgIpc) is 2.78. The molecular formula is C17H24ClNO3. The first kappa shape index (κ1) is 17.2. The summed E-state index contributed by atoms with van der Waals surface area (Å²) in [5.74, 6) is 2.33. The summed E-state index contributed by atoms with van der Waals surface area (Å²) >= 11 is 6.23. The smallest absolute Gasteiger partial charge is 0.354 e. The van der Waals surface area contributed by atoms with Gasteiger partial charge in [0.15, 0.2) is 5.03 Å². The minimum Gasteiger partial charge on any atom is -0.425 e. The summed E-state index contributed by atoms with van der Waals surface area (Å²) in [6, 6.07) is 0.381. The van der Waals surface area contributed by atoms with Crippen LogP contribution in [-0.2, 0) is 14.3 Å². The van der Waals surface area contributed by atoms with E-state index in [4.69, 9.17) is 27.5 Å². The largest absolute Gasteiger partial charge is 0.425 e. The maximum absolute atomic E-state index is 11.9.